The molecule has 0 radical (unpaired) electrons. The summed E-state index contributed by atoms with van der Waals surface area (Å²) in [5, 5.41) is 2.93. The Labute approximate surface area is 168 Å². The second kappa shape index (κ2) is 7.42. The van der Waals surface area contributed by atoms with Gasteiger partial charge >= 0.3 is 0 Å². The van der Waals surface area contributed by atoms with Gasteiger partial charge in [-0.2, -0.15) is 0 Å². The van der Waals surface area contributed by atoms with E-state index in [1.807, 2.05) is 27.7 Å². The van der Waals surface area contributed by atoms with Gasteiger partial charge < -0.3 is 24.3 Å². The molecule has 3 aliphatic heterocycles. The summed E-state index contributed by atoms with van der Waals surface area (Å²) < 4.78 is 12.6. The van der Waals surface area contributed by atoms with Gasteiger partial charge in [0.2, 0.25) is 6.79 Å². The molecular weight excluding hydrogens is 372 g/mol. The van der Waals surface area contributed by atoms with Gasteiger partial charge in [-0.15, -0.1) is 0 Å². The van der Waals surface area contributed by atoms with E-state index < -0.39 is 0 Å². The molecule has 152 valence electrons. The molecule has 0 spiro atoms. The molecule has 3 aliphatic rings. The number of carbonyl (C=O) groups excluding carboxylic acids is 2. The van der Waals surface area contributed by atoms with Crippen LogP contribution in [0, 0.1) is 0 Å². The molecule has 8 nitrogen and oxygen atoms in total. The fourth-order valence-corrected chi connectivity index (χ4v) is 4.27. The van der Waals surface area contributed by atoms with E-state index in [0.717, 1.165) is 63.0 Å². The van der Waals surface area contributed by atoms with Crippen LogP contribution in [0.3, 0.4) is 0 Å². The minimum Gasteiger partial charge on any atom is -0.454 e. The van der Waals surface area contributed by atoms with Crippen molar-refractivity contribution in [3.8, 4) is 11.5 Å². The first kappa shape index (κ1) is 18.0. The highest BCUT2D eigenvalue weighted by Gasteiger charge is 2.30. The van der Waals surface area contributed by atoms with Crippen LogP contribution in [0.2, 0.25) is 0 Å². The van der Waals surface area contributed by atoms with Crippen molar-refractivity contribution in [1.82, 2.24) is 19.8 Å². The van der Waals surface area contributed by atoms with Crippen LogP contribution in [0.1, 0.15) is 58.0 Å². The molecular formula is C21H24N4O4. The van der Waals surface area contributed by atoms with Crippen molar-refractivity contribution in [3.05, 3.63) is 41.0 Å². The van der Waals surface area contributed by atoms with Gasteiger partial charge in [0, 0.05) is 26.2 Å². The first-order valence-corrected chi connectivity index (χ1v) is 10.3. The quantitative estimate of drug-likeness (QED) is 0.856. The second-order valence-corrected chi connectivity index (χ2v) is 7.71. The van der Waals surface area contributed by atoms with E-state index in [1.165, 1.54) is 0 Å². The van der Waals surface area contributed by atoms with Crippen LogP contribution in [0.5, 0.6) is 11.5 Å². The van der Waals surface area contributed by atoms with Crippen molar-refractivity contribution in [2.45, 2.75) is 45.2 Å². The van der Waals surface area contributed by atoms with Crippen LogP contribution >= 0.6 is 0 Å². The fraction of sp³-hybridized carbons (Fsp3) is 0.476. The number of hydrogen-bond donors (Lipinski definition) is 1. The molecule has 8 heteroatoms. The Balaban J connectivity index is 1.35. The van der Waals surface area contributed by atoms with E-state index in [-0.39, 0.29) is 18.6 Å². The molecule has 2 amide bonds. The lowest BCUT2D eigenvalue weighted by molar-refractivity contribution is 0.0786. The van der Waals surface area contributed by atoms with Gasteiger partial charge in [0.25, 0.3) is 11.8 Å². The number of ether oxygens (including phenoxy) is 2. The summed E-state index contributed by atoms with van der Waals surface area (Å²) in [6.07, 6.45) is 4.86. The first-order valence-electron chi connectivity index (χ1n) is 10.3. The topological polar surface area (TPSA) is 85.7 Å². The van der Waals surface area contributed by atoms with Gasteiger partial charge in [-0.25, -0.2) is 4.98 Å². The average Bonchev–Trinajstić information content (AvgIpc) is 3.50. The minimum absolute atomic E-state index is 0.0389. The number of nitrogens with zero attached hydrogens (tertiary/aromatic N) is 3. The number of hydrogen-bond acceptors (Lipinski definition) is 5. The molecule has 0 saturated carbocycles. The number of carbonyl (C=O) groups is 2. The number of fused-ring (bicyclic) bond motifs is 2. The fourth-order valence-electron chi connectivity index (χ4n) is 4.27. The van der Waals surface area contributed by atoms with E-state index in [1.54, 1.807) is 0 Å². The Hall–Kier alpha value is -3.03. The van der Waals surface area contributed by atoms with Crippen LogP contribution in [0.15, 0.2) is 18.2 Å². The molecule has 0 bridgehead atoms. The Morgan fingerprint density at radius 2 is 1.83 bits per heavy atom. The summed E-state index contributed by atoms with van der Waals surface area (Å²) in [4.78, 5) is 32.2. The Kier molecular flexibility index (Phi) is 4.61. The summed E-state index contributed by atoms with van der Waals surface area (Å²) in [5.74, 6) is 1.44. The summed E-state index contributed by atoms with van der Waals surface area (Å²) in [5.41, 5.74) is 2.28. The van der Waals surface area contributed by atoms with Crippen molar-refractivity contribution >= 4 is 11.8 Å². The zero-order chi connectivity index (χ0) is 19.8. The summed E-state index contributed by atoms with van der Waals surface area (Å²) >= 11 is 0. The summed E-state index contributed by atoms with van der Waals surface area (Å²) in [7, 11) is 0. The van der Waals surface area contributed by atoms with Crippen molar-refractivity contribution in [1.29, 1.82) is 0 Å². The standard InChI is InChI=1S/C21H24N4O4/c26-20(22-12-14-6-7-16-17(11-14)29-13-28-16)19-23-18(15-5-1-2-10-25(15)19)21(27)24-8-3-4-9-24/h6-7,11H,1-5,8-10,12-13H2,(H,22,26). The lowest BCUT2D eigenvalue weighted by atomic mass is 10.1. The van der Waals surface area contributed by atoms with E-state index in [9.17, 15) is 9.59 Å². The van der Waals surface area contributed by atoms with Gasteiger partial charge in [-0.1, -0.05) is 6.07 Å². The number of imidazole rings is 1. The number of nitrogens with one attached hydrogen (secondary N) is 1. The lowest BCUT2D eigenvalue weighted by Crippen LogP contribution is -2.29. The third-order valence-corrected chi connectivity index (χ3v) is 5.81. The predicted octanol–water partition coefficient (Wildman–Crippen LogP) is 2.11. The Morgan fingerprint density at radius 3 is 2.69 bits per heavy atom. The van der Waals surface area contributed by atoms with E-state index in [0.29, 0.717) is 29.6 Å². The zero-order valence-corrected chi connectivity index (χ0v) is 16.3. The maximum atomic E-state index is 12.9. The second-order valence-electron chi connectivity index (χ2n) is 7.71. The van der Waals surface area contributed by atoms with Crippen molar-refractivity contribution in [2.75, 3.05) is 19.9 Å². The Morgan fingerprint density at radius 1 is 1.03 bits per heavy atom. The molecule has 5 rings (SSSR count). The number of aromatic nitrogens is 2. The molecule has 4 heterocycles. The highest BCUT2D eigenvalue weighted by molar-refractivity contribution is 5.97. The molecule has 1 aromatic carbocycles. The lowest BCUT2D eigenvalue weighted by Gasteiger charge is -2.18. The molecule has 1 fully saturated rings. The van der Waals surface area contributed by atoms with Crippen LogP contribution in [-0.2, 0) is 19.5 Å². The molecule has 1 saturated heterocycles. The van der Waals surface area contributed by atoms with E-state index in [2.05, 4.69) is 10.3 Å². The van der Waals surface area contributed by atoms with Crippen LogP contribution in [0.4, 0.5) is 0 Å². The smallest absolute Gasteiger partial charge is 0.287 e. The normalized spacial score (nSPS) is 17.3. The third kappa shape index (κ3) is 3.32. The monoisotopic (exact) mass is 396 g/mol. The number of rotatable bonds is 4. The number of likely N-dealkylation sites (tertiary alicyclic amines) is 1. The average molecular weight is 396 g/mol. The van der Waals surface area contributed by atoms with Gasteiger partial charge in [0.05, 0.1) is 5.69 Å². The summed E-state index contributed by atoms with van der Waals surface area (Å²) in [6, 6.07) is 5.61. The number of amides is 2. The molecule has 0 atom stereocenters. The molecule has 1 N–H and O–H groups in total. The molecule has 29 heavy (non-hydrogen) atoms. The highest BCUT2D eigenvalue weighted by Crippen LogP contribution is 2.32. The third-order valence-electron chi connectivity index (χ3n) is 5.81. The zero-order valence-electron chi connectivity index (χ0n) is 16.3. The van der Waals surface area contributed by atoms with E-state index >= 15 is 0 Å². The minimum atomic E-state index is -0.258. The van der Waals surface area contributed by atoms with E-state index in [4.69, 9.17) is 9.47 Å². The van der Waals surface area contributed by atoms with Crippen LogP contribution < -0.4 is 14.8 Å². The summed E-state index contributed by atoms with van der Waals surface area (Å²) in [6.45, 7) is 2.85. The molecule has 0 unspecified atom stereocenters. The largest absolute Gasteiger partial charge is 0.454 e. The molecule has 2 aromatic rings. The maximum absolute atomic E-state index is 12.9. The van der Waals surface area contributed by atoms with Gasteiger partial charge in [-0.3, -0.25) is 9.59 Å². The van der Waals surface area contributed by atoms with Crippen molar-refractivity contribution in [3.63, 3.8) is 0 Å². The van der Waals surface area contributed by atoms with Crippen LogP contribution in [-0.4, -0.2) is 46.1 Å². The predicted molar refractivity (Wildman–Crippen MR) is 104 cm³/mol. The molecule has 0 aliphatic carbocycles. The SMILES string of the molecule is O=C(NCc1ccc2c(c1)OCO2)c1nc(C(=O)N2CCCC2)c2n1CCCC2. The number of benzene rings is 1. The van der Waals surface area contributed by atoms with Gasteiger partial charge in [0.1, 0.15) is 5.69 Å². The highest BCUT2D eigenvalue weighted by atomic mass is 16.7. The van der Waals surface area contributed by atoms with Gasteiger partial charge in [-0.05, 0) is 49.8 Å². The van der Waals surface area contributed by atoms with Crippen molar-refractivity contribution < 1.29 is 19.1 Å². The van der Waals surface area contributed by atoms with Gasteiger partial charge in [0.15, 0.2) is 17.3 Å². The van der Waals surface area contributed by atoms with Crippen LogP contribution in [0.25, 0.3) is 0 Å². The maximum Gasteiger partial charge on any atom is 0.287 e. The first-order chi connectivity index (χ1) is 14.2. The Bertz CT molecular complexity index is 962. The molecule has 1 aromatic heterocycles. The van der Waals surface area contributed by atoms with Crippen molar-refractivity contribution in [2.24, 2.45) is 0 Å².